The number of nitrogens with zero attached hydrogens (tertiary/aromatic N) is 3. The van der Waals surface area contributed by atoms with Crippen LogP contribution in [0.4, 0.5) is 17.1 Å². The zero-order valence-corrected chi connectivity index (χ0v) is 29.9. The van der Waals surface area contributed by atoms with Gasteiger partial charge in [-0.3, -0.25) is 8.80 Å². The van der Waals surface area contributed by atoms with Crippen LogP contribution in [0.2, 0.25) is 0 Å². The van der Waals surface area contributed by atoms with E-state index in [-0.39, 0.29) is 0 Å². The van der Waals surface area contributed by atoms with Gasteiger partial charge in [0.2, 0.25) is 0 Å². The zero-order valence-electron chi connectivity index (χ0n) is 29.9. The molecule has 0 atom stereocenters. The number of anilines is 3. The van der Waals surface area contributed by atoms with E-state index in [2.05, 4.69) is 214 Å². The summed E-state index contributed by atoms with van der Waals surface area (Å²) in [4.78, 5) is 2.40. The van der Waals surface area contributed by atoms with E-state index in [9.17, 15) is 0 Å². The van der Waals surface area contributed by atoms with Gasteiger partial charge in [0.1, 0.15) is 5.65 Å². The summed E-state index contributed by atoms with van der Waals surface area (Å²) in [5, 5.41) is 8.92. The fourth-order valence-corrected chi connectivity index (χ4v) is 9.19. The molecule has 3 aromatic heterocycles. The first-order valence-corrected chi connectivity index (χ1v) is 18.9. The average molecular weight is 700 g/mol. The van der Waals surface area contributed by atoms with Gasteiger partial charge >= 0.3 is 0 Å². The highest BCUT2D eigenvalue weighted by Crippen LogP contribution is 2.44. The number of benzene rings is 9. The smallest absolute Gasteiger partial charge is 0.131 e. The van der Waals surface area contributed by atoms with Gasteiger partial charge in [0.05, 0.1) is 22.1 Å². The van der Waals surface area contributed by atoms with Gasteiger partial charge in [-0.15, -0.1) is 0 Å². The predicted octanol–water partition coefficient (Wildman–Crippen LogP) is 14.2. The number of hydrogen-bond donors (Lipinski definition) is 0. The number of para-hydroxylation sites is 2. The highest BCUT2D eigenvalue weighted by atomic mass is 15.2. The van der Waals surface area contributed by atoms with Crippen LogP contribution in [0, 0.1) is 0 Å². The Labute approximate surface area is 317 Å². The van der Waals surface area contributed by atoms with Crippen molar-refractivity contribution in [3.05, 3.63) is 200 Å². The summed E-state index contributed by atoms with van der Waals surface area (Å²) in [7, 11) is 0. The molecule has 0 saturated heterocycles. The maximum absolute atomic E-state index is 2.47. The summed E-state index contributed by atoms with van der Waals surface area (Å²) in [5.74, 6) is 0. The largest absolute Gasteiger partial charge is 0.310 e. The molecule has 0 radical (unpaired) electrons. The molecule has 0 amide bonds. The predicted molar refractivity (Wildman–Crippen MR) is 233 cm³/mol. The molecule has 0 spiro atoms. The van der Waals surface area contributed by atoms with Crippen LogP contribution in [0.25, 0.3) is 87.7 Å². The molecule has 12 aromatic rings. The lowest BCUT2D eigenvalue weighted by atomic mass is 9.97. The van der Waals surface area contributed by atoms with Crippen molar-refractivity contribution in [3.63, 3.8) is 0 Å². The lowest BCUT2D eigenvalue weighted by molar-refractivity contribution is 1.28. The van der Waals surface area contributed by atoms with Gasteiger partial charge < -0.3 is 4.90 Å². The van der Waals surface area contributed by atoms with Crippen LogP contribution < -0.4 is 4.90 Å². The van der Waals surface area contributed by atoms with Crippen molar-refractivity contribution in [1.82, 2.24) is 8.80 Å². The van der Waals surface area contributed by atoms with E-state index in [1.165, 1.54) is 87.7 Å². The standard InChI is InChI=1S/C52H33N3/c1-3-15-41-34(11-1)13-9-19-43(41)36-23-27-38(28-24-36)53(39-29-25-37(26-30-39)44-20-10-14-35-12-2-4-16-42(35)44)40-31-32-49-50(33-40)55-48-22-8-6-18-46(48)51-45-17-5-7-21-47(45)54(49)52(51)55/h1-33H. The third-order valence-electron chi connectivity index (χ3n) is 11.6. The molecule has 9 aromatic carbocycles. The molecule has 3 nitrogen and oxygen atoms in total. The number of fused-ring (bicyclic) bond motifs is 11. The summed E-state index contributed by atoms with van der Waals surface area (Å²) < 4.78 is 4.92. The van der Waals surface area contributed by atoms with Crippen LogP contribution in [-0.2, 0) is 0 Å². The highest BCUT2D eigenvalue weighted by Gasteiger charge is 2.23. The van der Waals surface area contributed by atoms with Gasteiger partial charge in [-0.05, 0) is 98.4 Å². The molecule has 55 heavy (non-hydrogen) atoms. The topological polar surface area (TPSA) is 12.1 Å². The van der Waals surface area contributed by atoms with Crippen molar-refractivity contribution in [3.8, 4) is 22.3 Å². The molecule has 0 N–H and O–H groups in total. The maximum atomic E-state index is 2.47. The average Bonchev–Trinajstić information content (AvgIpc) is 3.89. The summed E-state index contributed by atoms with van der Waals surface area (Å²) in [5.41, 5.74) is 14.3. The van der Waals surface area contributed by atoms with Crippen molar-refractivity contribution in [1.29, 1.82) is 0 Å². The molecule has 0 fully saturated rings. The van der Waals surface area contributed by atoms with Crippen LogP contribution in [-0.4, -0.2) is 8.80 Å². The quantitative estimate of drug-likeness (QED) is 0.174. The fraction of sp³-hybridized carbons (Fsp3) is 0. The molecule has 3 heterocycles. The zero-order chi connectivity index (χ0) is 36.0. The molecular weight excluding hydrogens is 667 g/mol. The Morgan fingerprint density at radius 1 is 0.309 bits per heavy atom. The SMILES string of the molecule is c1ccc2c(-c3ccc(N(c4ccc(-c5cccc6ccccc56)cc4)c4ccc5c(c4)n4c6ccccc6c6c7ccccc7n5c64)cc3)cccc2c1. The van der Waals surface area contributed by atoms with Gasteiger partial charge in [-0.25, -0.2) is 0 Å². The normalized spacial score (nSPS) is 12.0. The van der Waals surface area contributed by atoms with Crippen molar-refractivity contribution < 1.29 is 0 Å². The van der Waals surface area contributed by atoms with E-state index in [0.717, 1.165) is 17.1 Å². The Balaban J connectivity index is 1.06. The van der Waals surface area contributed by atoms with E-state index in [0.29, 0.717) is 0 Å². The maximum Gasteiger partial charge on any atom is 0.131 e. The van der Waals surface area contributed by atoms with Gasteiger partial charge in [0, 0.05) is 33.2 Å². The Kier molecular flexibility index (Phi) is 6.34. The third-order valence-corrected chi connectivity index (χ3v) is 11.6. The Hall–Kier alpha value is -7.36. The molecule has 0 aliphatic rings. The lowest BCUT2D eigenvalue weighted by Gasteiger charge is -2.26. The number of imidazole rings is 1. The van der Waals surface area contributed by atoms with Gasteiger partial charge in [-0.1, -0.05) is 146 Å². The van der Waals surface area contributed by atoms with Crippen LogP contribution in [0.3, 0.4) is 0 Å². The van der Waals surface area contributed by atoms with Crippen molar-refractivity contribution in [2.75, 3.05) is 4.90 Å². The summed E-state index contributed by atoms with van der Waals surface area (Å²) in [6, 6.07) is 73.1. The molecule has 0 bridgehead atoms. The lowest BCUT2D eigenvalue weighted by Crippen LogP contribution is -2.10. The summed E-state index contributed by atoms with van der Waals surface area (Å²) in [6.07, 6.45) is 0. The van der Waals surface area contributed by atoms with E-state index < -0.39 is 0 Å². The van der Waals surface area contributed by atoms with E-state index in [1.807, 2.05) is 0 Å². The molecule has 256 valence electrons. The molecular formula is C52H33N3. The van der Waals surface area contributed by atoms with Crippen molar-refractivity contribution >= 4 is 82.5 Å². The fourth-order valence-electron chi connectivity index (χ4n) is 9.19. The minimum absolute atomic E-state index is 1.10. The number of hydrogen-bond acceptors (Lipinski definition) is 1. The third kappa shape index (κ3) is 4.38. The Bertz CT molecular complexity index is 3280. The van der Waals surface area contributed by atoms with Gasteiger partial charge in [0.15, 0.2) is 0 Å². The number of aromatic nitrogens is 2. The van der Waals surface area contributed by atoms with Gasteiger partial charge in [0.25, 0.3) is 0 Å². The van der Waals surface area contributed by atoms with Crippen LogP contribution in [0.15, 0.2) is 200 Å². The second kappa shape index (κ2) is 11.6. The van der Waals surface area contributed by atoms with E-state index >= 15 is 0 Å². The van der Waals surface area contributed by atoms with E-state index in [1.54, 1.807) is 0 Å². The van der Waals surface area contributed by atoms with Crippen molar-refractivity contribution in [2.24, 2.45) is 0 Å². The molecule has 0 aliphatic carbocycles. The highest BCUT2D eigenvalue weighted by molar-refractivity contribution is 6.24. The number of rotatable bonds is 5. The second-order valence-electron chi connectivity index (χ2n) is 14.6. The van der Waals surface area contributed by atoms with Crippen LogP contribution in [0.5, 0.6) is 0 Å². The first-order valence-electron chi connectivity index (χ1n) is 18.9. The second-order valence-corrected chi connectivity index (χ2v) is 14.6. The molecule has 0 unspecified atom stereocenters. The first-order chi connectivity index (χ1) is 27.3. The van der Waals surface area contributed by atoms with E-state index in [4.69, 9.17) is 0 Å². The van der Waals surface area contributed by atoms with Gasteiger partial charge in [-0.2, -0.15) is 0 Å². The molecule has 0 aliphatic heterocycles. The monoisotopic (exact) mass is 699 g/mol. The minimum Gasteiger partial charge on any atom is -0.310 e. The molecule has 0 saturated carbocycles. The minimum atomic E-state index is 1.10. The molecule has 12 rings (SSSR count). The Morgan fingerprint density at radius 3 is 1.29 bits per heavy atom. The van der Waals surface area contributed by atoms with Crippen LogP contribution in [0.1, 0.15) is 0 Å². The Morgan fingerprint density at radius 2 is 0.745 bits per heavy atom. The first kappa shape index (κ1) is 30.1. The van der Waals surface area contributed by atoms with Crippen LogP contribution >= 0.6 is 0 Å². The molecule has 3 heteroatoms. The summed E-state index contributed by atoms with van der Waals surface area (Å²) >= 11 is 0. The summed E-state index contributed by atoms with van der Waals surface area (Å²) in [6.45, 7) is 0. The van der Waals surface area contributed by atoms with Crippen molar-refractivity contribution in [2.45, 2.75) is 0 Å².